The molecule has 1 aromatic heterocycles. The van der Waals surface area contributed by atoms with Gasteiger partial charge in [-0.3, -0.25) is 0 Å². The van der Waals surface area contributed by atoms with Crippen molar-refractivity contribution in [2.75, 3.05) is 25.1 Å². The van der Waals surface area contributed by atoms with E-state index in [1.54, 1.807) is 0 Å². The molecular formula is C14H27N3O. The molecule has 4 heteroatoms. The van der Waals surface area contributed by atoms with Crippen molar-refractivity contribution in [2.45, 2.75) is 47.1 Å². The zero-order valence-electron chi connectivity index (χ0n) is 12.4. The molecule has 1 heterocycles. The molecule has 4 nitrogen and oxygen atoms in total. The molecule has 18 heavy (non-hydrogen) atoms. The second-order valence-corrected chi connectivity index (χ2v) is 5.43. The summed E-state index contributed by atoms with van der Waals surface area (Å²) in [6.45, 7) is 13.1. The van der Waals surface area contributed by atoms with E-state index >= 15 is 0 Å². The molecule has 0 aliphatic carbocycles. The maximum absolute atomic E-state index is 5.57. The monoisotopic (exact) mass is 253 g/mol. The normalized spacial score (nSPS) is 11.5. The van der Waals surface area contributed by atoms with Gasteiger partial charge >= 0.3 is 0 Å². The maximum atomic E-state index is 5.57. The van der Waals surface area contributed by atoms with Crippen LogP contribution in [0.5, 0.6) is 0 Å². The Balaban J connectivity index is 2.27. The third-order valence-corrected chi connectivity index (χ3v) is 2.78. The van der Waals surface area contributed by atoms with Crippen LogP contribution in [0.4, 0.5) is 5.95 Å². The van der Waals surface area contributed by atoms with Crippen LogP contribution in [0, 0.1) is 12.8 Å². The lowest BCUT2D eigenvalue weighted by atomic mass is 10.1. The lowest BCUT2D eigenvalue weighted by Gasteiger charge is -2.13. The van der Waals surface area contributed by atoms with Crippen molar-refractivity contribution in [3.05, 3.63) is 11.9 Å². The molecule has 0 spiro atoms. The Morgan fingerprint density at radius 1 is 1.28 bits per heavy atom. The van der Waals surface area contributed by atoms with Crippen molar-refractivity contribution < 1.29 is 4.74 Å². The van der Waals surface area contributed by atoms with Gasteiger partial charge in [0.25, 0.3) is 0 Å². The van der Waals surface area contributed by atoms with Crippen molar-refractivity contribution in [1.82, 2.24) is 9.55 Å². The van der Waals surface area contributed by atoms with Crippen molar-refractivity contribution in [3.63, 3.8) is 0 Å². The first kappa shape index (κ1) is 15.0. The summed E-state index contributed by atoms with van der Waals surface area (Å²) in [5, 5.41) is 3.33. The van der Waals surface area contributed by atoms with E-state index in [1.165, 1.54) is 0 Å². The van der Waals surface area contributed by atoms with Crippen LogP contribution in [0.25, 0.3) is 0 Å². The minimum atomic E-state index is 0.426. The number of nitrogens with zero attached hydrogens (tertiary/aromatic N) is 2. The molecule has 0 amide bonds. The van der Waals surface area contributed by atoms with Gasteiger partial charge in [-0.2, -0.15) is 0 Å². The molecule has 1 rings (SSSR count). The van der Waals surface area contributed by atoms with E-state index in [-0.39, 0.29) is 0 Å². The van der Waals surface area contributed by atoms with Gasteiger partial charge in [0.15, 0.2) is 0 Å². The first-order chi connectivity index (χ1) is 8.50. The van der Waals surface area contributed by atoms with Crippen molar-refractivity contribution >= 4 is 5.95 Å². The van der Waals surface area contributed by atoms with Gasteiger partial charge in [0.05, 0.1) is 12.3 Å². The molecule has 0 aliphatic heterocycles. The predicted octanol–water partition coefficient (Wildman–Crippen LogP) is 3.25. The predicted molar refractivity (Wildman–Crippen MR) is 76.1 cm³/mol. The highest BCUT2D eigenvalue weighted by Gasteiger charge is 2.07. The minimum absolute atomic E-state index is 0.426. The number of hydrogen-bond donors (Lipinski definition) is 1. The zero-order chi connectivity index (χ0) is 13.5. The van der Waals surface area contributed by atoms with E-state index < -0.39 is 0 Å². The second-order valence-electron chi connectivity index (χ2n) is 5.43. The Kier molecular flexibility index (Phi) is 6.19. The molecule has 0 saturated carbocycles. The summed E-state index contributed by atoms with van der Waals surface area (Å²) in [7, 11) is 0. The van der Waals surface area contributed by atoms with Crippen LogP contribution in [0.2, 0.25) is 0 Å². The average molecular weight is 253 g/mol. The number of nitrogens with one attached hydrogen (secondary N) is 1. The van der Waals surface area contributed by atoms with Crippen molar-refractivity contribution in [2.24, 2.45) is 5.92 Å². The van der Waals surface area contributed by atoms with Gasteiger partial charge in [0.1, 0.15) is 0 Å². The molecular weight excluding hydrogens is 226 g/mol. The molecule has 0 aliphatic rings. The van der Waals surface area contributed by atoms with Gasteiger partial charge in [-0.1, -0.05) is 13.8 Å². The Bertz CT molecular complexity index is 345. The molecule has 0 fully saturated rings. The summed E-state index contributed by atoms with van der Waals surface area (Å²) >= 11 is 0. The van der Waals surface area contributed by atoms with Crippen LogP contribution in [0.1, 0.15) is 45.9 Å². The number of imidazole rings is 1. The molecule has 1 N–H and O–H groups in total. The first-order valence-electron chi connectivity index (χ1n) is 6.87. The minimum Gasteiger partial charge on any atom is -0.380 e. The molecule has 0 saturated heterocycles. The third-order valence-electron chi connectivity index (χ3n) is 2.78. The summed E-state index contributed by atoms with van der Waals surface area (Å²) in [5.74, 6) is 1.65. The summed E-state index contributed by atoms with van der Waals surface area (Å²) in [4.78, 5) is 4.47. The zero-order valence-corrected chi connectivity index (χ0v) is 12.4. The van der Waals surface area contributed by atoms with E-state index in [0.717, 1.165) is 37.8 Å². The van der Waals surface area contributed by atoms with Crippen LogP contribution in [-0.2, 0) is 4.74 Å². The van der Waals surface area contributed by atoms with Gasteiger partial charge in [0.2, 0.25) is 5.95 Å². The highest BCUT2D eigenvalue weighted by Crippen LogP contribution is 2.14. The Labute approximate surface area is 111 Å². The largest absolute Gasteiger partial charge is 0.380 e. The van der Waals surface area contributed by atoms with Crippen molar-refractivity contribution in [3.8, 4) is 0 Å². The Morgan fingerprint density at radius 3 is 2.61 bits per heavy atom. The molecule has 104 valence electrons. The Morgan fingerprint density at radius 2 is 2.00 bits per heavy atom. The van der Waals surface area contributed by atoms with Gasteiger partial charge in [-0.05, 0) is 33.1 Å². The second kappa shape index (κ2) is 7.41. The van der Waals surface area contributed by atoms with Crippen LogP contribution >= 0.6 is 0 Å². The summed E-state index contributed by atoms with van der Waals surface area (Å²) < 4.78 is 7.73. The molecule has 0 aromatic carbocycles. The standard InChI is InChI=1S/C14H27N3O/c1-11(2)6-8-18-9-7-15-14-16-13(5)10-17(14)12(3)4/h10-12H,6-9H2,1-5H3,(H,15,16). The first-order valence-corrected chi connectivity index (χ1v) is 6.87. The van der Waals surface area contributed by atoms with Crippen LogP contribution in [-0.4, -0.2) is 29.3 Å². The molecule has 1 aromatic rings. The Hall–Kier alpha value is -1.03. The van der Waals surface area contributed by atoms with E-state index in [1.807, 2.05) is 6.92 Å². The van der Waals surface area contributed by atoms with E-state index in [2.05, 4.69) is 48.8 Å². The van der Waals surface area contributed by atoms with E-state index in [9.17, 15) is 0 Å². The fraction of sp³-hybridized carbons (Fsp3) is 0.786. The number of aromatic nitrogens is 2. The van der Waals surface area contributed by atoms with Gasteiger partial charge in [-0.25, -0.2) is 4.98 Å². The lowest BCUT2D eigenvalue weighted by Crippen LogP contribution is -2.14. The van der Waals surface area contributed by atoms with Crippen LogP contribution in [0.15, 0.2) is 6.20 Å². The number of rotatable bonds is 8. The maximum Gasteiger partial charge on any atom is 0.203 e. The average Bonchev–Trinajstić information content (AvgIpc) is 2.64. The smallest absolute Gasteiger partial charge is 0.203 e. The number of aryl methyl sites for hydroxylation is 1. The van der Waals surface area contributed by atoms with Crippen molar-refractivity contribution in [1.29, 1.82) is 0 Å². The molecule has 0 radical (unpaired) electrons. The highest BCUT2D eigenvalue weighted by molar-refractivity contribution is 5.29. The summed E-state index contributed by atoms with van der Waals surface area (Å²) in [6.07, 6.45) is 3.20. The fourth-order valence-corrected chi connectivity index (χ4v) is 1.70. The van der Waals surface area contributed by atoms with Gasteiger partial charge in [-0.15, -0.1) is 0 Å². The lowest BCUT2D eigenvalue weighted by molar-refractivity contribution is 0.132. The third kappa shape index (κ3) is 5.08. The quantitative estimate of drug-likeness (QED) is 0.723. The summed E-state index contributed by atoms with van der Waals surface area (Å²) in [6, 6.07) is 0.426. The topological polar surface area (TPSA) is 39.1 Å². The summed E-state index contributed by atoms with van der Waals surface area (Å²) in [5.41, 5.74) is 1.05. The number of anilines is 1. The SMILES string of the molecule is Cc1cn(C(C)C)c(NCCOCCC(C)C)n1. The van der Waals surface area contributed by atoms with E-state index in [0.29, 0.717) is 12.0 Å². The van der Waals surface area contributed by atoms with Crippen LogP contribution < -0.4 is 5.32 Å². The number of hydrogen-bond acceptors (Lipinski definition) is 3. The number of ether oxygens (including phenoxy) is 1. The molecule has 0 atom stereocenters. The fourth-order valence-electron chi connectivity index (χ4n) is 1.70. The highest BCUT2D eigenvalue weighted by atomic mass is 16.5. The van der Waals surface area contributed by atoms with Gasteiger partial charge in [0, 0.05) is 25.4 Å². The van der Waals surface area contributed by atoms with E-state index in [4.69, 9.17) is 4.74 Å². The van der Waals surface area contributed by atoms with Gasteiger partial charge < -0.3 is 14.6 Å². The molecule has 0 unspecified atom stereocenters. The molecule has 0 bridgehead atoms. The van der Waals surface area contributed by atoms with Crippen LogP contribution in [0.3, 0.4) is 0 Å².